The fourth-order valence-corrected chi connectivity index (χ4v) is 5.06. The lowest BCUT2D eigenvalue weighted by atomic mass is 9.84. The van der Waals surface area contributed by atoms with Crippen LogP contribution >= 0.6 is 0 Å². The second kappa shape index (κ2) is 14.2. The van der Waals surface area contributed by atoms with Gasteiger partial charge in [0, 0.05) is 19.3 Å². The van der Waals surface area contributed by atoms with Gasteiger partial charge in [-0.15, -0.1) is 0 Å². The van der Waals surface area contributed by atoms with E-state index in [9.17, 15) is 15.0 Å². The second-order valence-corrected chi connectivity index (χ2v) is 9.36. The number of carbonyl (C=O) groups is 1. The van der Waals surface area contributed by atoms with Crippen LogP contribution in [0.2, 0.25) is 0 Å². The molecule has 6 nitrogen and oxygen atoms in total. The minimum atomic E-state index is -0.769. The molecule has 0 unspecified atom stereocenters. The highest BCUT2D eigenvalue weighted by Crippen LogP contribution is 2.41. The van der Waals surface area contributed by atoms with Gasteiger partial charge < -0.3 is 24.8 Å². The summed E-state index contributed by atoms with van der Waals surface area (Å²) in [6, 6.07) is 0. The third-order valence-electron chi connectivity index (χ3n) is 6.90. The first kappa shape index (κ1) is 26.3. The number of hydrogen-bond donors (Lipinski definition) is 3. The predicted molar refractivity (Wildman–Crippen MR) is 121 cm³/mol. The van der Waals surface area contributed by atoms with Gasteiger partial charge in [-0.3, -0.25) is 4.79 Å². The first-order valence-electron chi connectivity index (χ1n) is 12.5. The molecule has 1 aliphatic carbocycles. The number of aliphatic hydroxyl groups is 2. The van der Waals surface area contributed by atoms with Crippen LogP contribution in [0.3, 0.4) is 0 Å². The number of aliphatic carboxylic acids is 1. The molecule has 0 bridgehead atoms. The van der Waals surface area contributed by atoms with E-state index in [-0.39, 0.29) is 18.3 Å². The Morgan fingerprint density at radius 3 is 2.39 bits per heavy atom. The lowest BCUT2D eigenvalue weighted by Gasteiger charge is -2.39. The van der Waals surface area contributed by atoms with Gasteiger partial charge in [0.1, 0.15) is 0 Å². The van der Waals surface area contributed by atoms with E-state index < -0.39 is 24.0 Å². The van der Waals surface area contributed by atoms with Crippen LogP contribution in [0.4, 0.5) is 0 Å². The number of carboxylic acids is 1. The fraction of sp³-hybridized carbons (Fsp3) is 0.880. The van der Waals surface area contributed by atoms with E-state index in [1.807, 2.05) is 12.2 Å². The number of rotatable bonds is 15. The molecule has 31 heavy (non-hydrogen) atoms. The molecule has 1 saturated carbocycles. The van der Waals surface area contributed by atoms with E-state index in [2.05, 4.69) is 6.92 Å². The molecule has 180 valence electrons. The van der Waals surface area contributed by atoms with E-state index >= 15 is 0 Å². The highest BCUT2D eigenvalue weighted by atomic mass is 16.7. The Morgan fingerprint density at radius 2 is 1.68 bits per heavy atom. The quantitative estimate of drug-likeness (QED) is 0.250. The molecular formula is C25H44O6. The predicted octanol–water partition coefficient (Wildman–Crippen LogP) is 4.82. The average Bonchev–Trinajstić information content (AvgIpc) is 3.02. The van der Waals surface area contributed by atoms with Crippen LogP contribution in [0.15, 0.2) is 12.2 Å². The van der Waals surface area contributed by atoms with Crippen molar-refractivity contribution in [3.63, 3.8) is 0 Å². The zero-order valence-corrected chi connectivity index (χ0v) is 19.3. The lowest BCUT2D eigenvalue weighted by Crippen LogP contribution is -2.41. The highest BCUT2D eigenvalue weighted by Gasteiger charge is 2.43. The van der Waals surface area contributed by atoms with Crippen molar-refractivity contribution in [3.8, 4) is 0 Å². The Balaban J connectivity index is 1.85. The van der Waals surface area contributed by atoms with Gasteiger partial charge in [0.2, 0.25) is 0 Å². The fourth-order valence-electron chi connectivity index (χ4n) is 5.06. The van der Waals surface area contributed by atoms with Gasteiger partial charge in [0.05, 0.1) is 25.4 Å². The van der Waals surface area contributed by atoms with Crippen molar-refractivity contribution >= 4 is 5.97 Å². The maximum absolute atomic E-state index is 10.6. The molecule has 2 fully saturated rings. The zero-order valence-electron chi connectivity index (χ0n) is 19.3. The van der Waals surface area contributed by atoms with Crippen molar-refractivity contribution in [3.05, 3.63) is 12.2 Å². The largest absolute Gasteiger partial charge is 0.481 e. The summed E-state index contributed by atoms with van der Waals surface area (Å²) in [5.41, 5.74) is 0. The summed E-state index contributed by atoms with van der Waals surface area (Å²) in [4.78, 5) is 10.6. The van der Waals surface area contributed by atoms with Crippen molar-refractivity contribution in [1.29, 1.82) is 0 Å². The van der Waals surface area contributed by atoms with Gasteiger partial charge in [-0.1, -0.05) is 44.8 Å². The first-order chi connectivity index (χ1) is 15.0. The standard InChI is InChI=1S/C25H44O6/c1-2-3-4-7-10-15-25(30-17-11-18-31-25)16-14-21-20(22(26)19-23(21)27)12-8-5-6-9-13-24(28)29/h5,8,20-23,26-27H,2-4,6-7,9-19H2,1H3,(H,28,29)/t20-,21-,22+,23-/m1/s1. The molecule has 1 saturated heterocycles. The van der Waals surface area contributed by atoms with E-state index in [0.29, 0.717) is 19.3 Å². The van der Waals surface area contributed by atoms with Gasteiger partial charge in [-0.25, -0.2) is 0 Å². The van der Waals surface area contributed by atoms with Crippen molar-refractivity contribution < 1.29 is 29.6 Å². The molecule has 0 aromatic rings. The highest BCUT2D eigenvalue weighted by molar-refractivity contribution is 5.66. The first-order valence-corrected chi connectivity index (χ1v) is 12.5. The second-order valence-electron chi connectivity index (χ2n) is 9.36. The van der Waals surface area contributed by atoms with Gasteiger partial charge in [-0.05, 0) is 56.8 Å². The number of ether oxygens (including phenoxy) is 2. The van der Waals surface area contributed by atoms with E-state index in [1.165, 1.54) is 25.7 Å². The summed E-state index contributed by atoms with van der Waals surface area (Å²) in [7, 11) is 0. The minimum absolute atomic E-state index is 0.0240. The lowest BCUT2D eigenvalue weighted by molar-refractivity contribution is -0.276. The van der Waals surface area contributed by atoms with Crippen LogP contribution in [0, 0.1) is 11.8 Å². The van der Waals surface area contributed by atoms with Crippen molar-refractivity contribution in [2.75, 3.05) is 13.2 Å². The van der Waals surface area contributed by atoms with Gasteiger partial charge in [0.25, 0.3) is 0 Å². The molecule has 1 aliphatic heterocycles. The molecular weight excluding hydrogens is 396 g/mol. The van der Waals surface area contributed by atoms with Crippen molar-refractivity contribution in [2.45, 2.75) is 115 Å². The van der Waals surface area contributed by atoms with Gasteiger partial charge >= 0.3 is 5.97 Å². The van der Waals surface area contributed by atoms with Crippen LogP contribution in [-0.4, -0.2) is 52.5 Å². The summed E-state index contributed by atoms with van der Waals surface area (Å²) >= 11 is 0. The van der Waals surface area contributed by atoms with Crippen LogP contribution in [0.25, 0.3) is 0 Å². The molecule has 1 heterocycles. The number of unbranched alkanes of at least 4 members (excludes halogenated alkanes) is 5. The molecule has 0 radical (unpaired) electrons. The number of allylic oxidation sites excluding steroid dienone is 2. The molecule has 0 spiro atoms. The maximum Gasteiger partial charge on any atom is 0.303 e. The number of carboxylic acid groups (broad SMARTS) is 1. The molecule has 4 atom stereocenters. The van der Waals surface area contributed by atoms with Crippen LogP contribution in [-0.2, 0) is 14.3 Å². The van der Waals surface area contributed by atoms with E-state index in [1.54, 1.807) is 0 Å². The average molecular weight is 441 g/mol. The minimum Gasteiger partial charge on any atom is -0.481 e. The Hall–Kier alpha value is -0.950. The zero-order chi connectivity index (χ0) is 22.5. The molecule has 6 heteroatoms. The summed E-state index contributed by atoms with van der Waals surface area (Å²) in [6.07, 6.45) is 15.1. The molecule has 3 N–H and O–H groups in total. The van der Waals surface area contributed by atoms with Gasteiger partial charge in [-0.2, -0.15) is 0 Å². The van der Waals surface area contributed by atoms with E-state index in [4.69, 9.17) is 14.6 Å². The Labute approximate surface area is 188 Å². The Morgan fingerprint density at radius 1 is 0.968 bits per heavy atom. The Kier molecular flexibility index (Phi) is 12.1. The third-order valence-corrected chi connectivity index (χ3v) is 6.90. The summed E-state index contributed by atoms with van der Waals surface area (Å²) in [5.74, 6) is -1.25. The van der Waals surface area contributed by atoms with Crippen molar-refractivity contribution in [2.24, 2.45) is 11.8 Å². The summed E-state index contributed by atoms with van der Waals surface area (Å²) < 4.78 is 12.3. The SMILES string of the molecule is CCCCCCCC1(CC[C@@H]2[C@@H](CC=CCCCC(=O)O)[C@@H](O)C[C@H]2O)OCCCO1. The molecule has 2 rings (SSSR count). The number of aliphatic hydroxyl groups excluding tert-OH is 2. The third kappa shape index (κ3) is 9.21. The molecule has 2 aliphatic rings. The number of hydrogen-bond acceptors (Lipinski definition) is 5. The summed E-state index contributed by atoms with van der Waals surface area (Å²) in [6.45, 7) is 3.68. The molecule has 0 amide bonds. The summed E-state index contributed by atoms with van der Waals surface area (Å²) in [5, 5.41) is 29.8. The van der Waals surface area contributed by atoms with Crippen LogP contribution < -0.4 is 0 Å². The van der Waals surface area contributed by atoms with Gasteiger partial charge in [0.15, 0.2) is 5.79 Å². The smallest absolute Gasteiger partial charge is 0.303 e. The molecule has 0 aromatic carbocycles. The monoisotopic (exact) mass is 440 g/mol. The topological polar surface area (TPSA) is 96.2 Å². The van der Waals surface area contributed by atoms with E-state index in [0.717, 1.165) is 51.7 Å². The molecule has 0 aromatic heterocycles. The Bertz CT molecular complexity index is 528. The van der Waals surface area contributed by atoms with Crippen molar-refractivity contribution in [1.82, 2.24) is 0 Å². The maximum atomic E-state index is 10.6. The normalized spacial score (nSPS) is 28.4. The van der Waals surface area contributed by atoms with Crippen LogP contribution in [0.1, 0.15) is 96.8 Å². The van der Waals surface area contributed by atoms with Crippen LogP contribution in [0.5, 0.6) is 0 Å².